The molecule has 0 saturated heterocycles. The maximum atomic E-state index is 12.9. The summed E-state index contributed by atoms with van der Waals surface area (Å²) in [6.45, 7) is 0. The van der Waals surface area contributed by atoms with Crippen molar-refractivity contribution >= 4 is 11.0 Å². The summed E-state index contributed by atoms with van der Waals surface area (Å²) >= 11 is 0. The molecule has 110 valence electrons. The van der Waals surface area contributed by atoms with Crippen LogP contribution in [0, 0.1) is 5.41 Å². The highest BCUT2D eigenvalue weighted by Crippen LogP contribution is 2.77. The number of aryl methyl sites for hydroxylation is 1. The molecule has 2 bridgehead atoms. The van der Waals surface area contributed by atoms with E-state index in [1.807, 2.05) is 12.1 Å². The first kappa shape index (κ1) is 12.9. The third-order valence-electron chi connectivity index (χ3n) is 5.12. The van der Waals surface area contributed by atoms with Crippen LogP contribution in [0.15, 0.2) is 29.1 Å². The van der Waals surface area contributed by atoms with Gasteiger partial charge in [-0.3, -0.25) is 4.79 Å². The molecule has 1 aromatic carbocycles. The van der Waals surface area contributed by atoms with Crippen LogP contribution >= 0.6 is 0 Å². The average molecular weight is 294 g/mol. The zero-order valence-electron chi connectivity index (χ0n) is 11.4. The lowest BCUT2D eigenvalue weighted by atomic mass is 9.34. The van der Waals surface area contributed by atoms with E-state index >= 15 is 0 Å². The average Bonchev–Trinajstić information content (AvgIpc) is 2.30. The molecule has 0 spiro atoms. The predicted molar refractivity (Wildman–Crippen MR) is 71.0 cm³/mol. The summed E-state index contributed by atoms with van der Waals surface area (Å²) in [6.07, 6.45) is -4.16. The first-order chi connectivity index (χ1) is 9.78. The first-order valence-electron chi connectivity index (χ1n) is 6.81. The van der Waals surface area contributed by atoms with Gasteiger partial charge in [0.1, 0.15) is 5.69 Å². The molecule has 6 heteroatoms. The molecule has 1 heterocycles. The third kappa shape index (κ3) is 1.40. The van der Waals surface area contributed by atoms with Gasteiger partial charge in [0.15, 0.2) is 0 Å². The van der Waals surface area contributed by atoms with Gasteiger partial charge in [-0.2, -0.15) is 13.2 Å². The summed E-state index contributed by atoms with van der Waals surface area (Å²) in [7, 11) is 1.64. The maximum Gasteiger partial charge on any atom is 0.394 e. The van der Waals surface area contributed by atoms with E-state index in [2.05, 4.69) is 4.98 Å². The van der Waals surface area contributed by atoms with Gasteiger partial charge in [0.05, 0.1) is 16.4 Å². The topological polar surface area (TPSA) is 34.9 Å². The Morgan fingerprint density at radius 2 is 1.81 bits per heavy atom. The van der Waals surface area contributed by atoms with Crippen molar-refractivity contribution in [3.8, 4) is 0 Å². The lowest BCUT2D eigenvalue weighted by Gasteiger charge is -2.69. The second-order valence-electron chi connectivity index (χ2n) is 6.40. The lowest BCUT2D eigenvalue weighted by Crippen LogP contribution is -2.71. The molecule has 1 aromatic heterocycles. The van der Waals surface area contributed by atoms with Crippen LogP contribution < -0.4 is 5.56 Å². The molecular formula is C15H13F3N2O. The van der Waals surface area contributed by atoms with Gasteiger partial charge in [0, 0.05) is 12.5 Å². The molecule has 0 aliphatic heterocycles. The maximum absolute atomic E-state index is 12.9. The SMILES string of the molecule is Cn1c(=O)c(C23CC(C(F)(F)F)(C2)C3)nc2ccccc21. The summed E-state index contributed by atoms with van der Waals surface area (Å²) in [5, 5.41) is 0. The molecule has 0 atom stereocenters. The fraction of sp³-hybridized carbons (Fsp3) is 0.467. The molecular weight excluding hydrogens is 281 g/mol. The van der Waals surface area contributed by atoms with E-state index in [-0.39, 0.29) is 24.8 Å². The minimum absolute atomic E-state index is 0.00405. The van der Waals surface area contributed by atoms with Crippen molar-refractivity contribution < 1.29 is 13.2 Å². The highest BCUT2D eigenvalue weighted by atomic mass is 19.4. The molecule has 3 nitrogen and oxygen atoms in total. The van der Waals surface area contributed by atoms with Gasteiger partial charge in [0.2, 0.25) is 0 Å². The zero-order valence-corrected chi connectivity index (χ0v) is 11.4. The Hall–Kier alpha value is -1.85. The number of hydrogen-bond acceptors (Lipinski definition) is 2. The van der Waals surface area contributed by atoms with Crippen LogP contribution in [-0.4, -0.2) is 15.7 Å². The number of benzene rings is 1. The van der Waals surface area contributed by atoms with Crippen LogP contribution in [0.1, 0.15) is 25.0 Å². The molecule has 3 fully saturated rings. The van der Waals surface area contributed by atoms with E-state index in [1.165, 1.54) is 4.57 Å². The molecule has 2 aromatic rings. The third-order valence-corrected chi connectivity index (χ3v) is 5.12. The van der Waals surface area contributed by atoms with Crippen molar-refractivity contribution in [1.29, 1.82) is 0 Å². The van der Waals surface area contributed by atoms with Crippen LogP contribution in [0.3, 0.4) is 0 Å². The van der Waals surface area contributed by atoms with Crippen molar-refractivity contribution in [3.05, 3.63) is 40.3 Å². The molecule has 0 amide bonds. The van der Waals surface area contributed by atoms with Crippen LogP contribution in [0.25, 0.3) is 11.0 Å². The highest BCUT2D eigenvalue weighted by Gasteiger charge is 2.79. The Bertz CT molecular complexity index is 802. The Balaban J connectivity index is 1.81. The number of alkyl halides is 3. The molecule has 0 unspecified atom stereocenters. The number of para-hydroxylation sites is 2. The van der Waals surface area contributed by atoms with Crippen LogP contribution in [0.5, 0.6) is 0 Å². The summed E-state index contributed by atoms with van der Waals surface area (Å²) in [5.41, 5.74) is -0.845. The minimum atomic E-state index is -4.17. The fourth-order valence-corrected chi connectivity index (χ4v) is 3.96. The van der Waals surface area contributed by atoms with Gasteiger partial charge in [-0.1, -0.05) is 12.1 Å². The zero-order chi connectivity index (χ0) is 15.0. The summed E-state index contributed by atoms with van der Waals surface area (Å²) < 4.78 is 40.3. The standard InChI is InChI=1S/C15H13F3N2O/c1-20-10-5-3-2-4-9(10)19-11(12(20)21)13-6-14(7-13,8-13)15(16,17)18/h2-5H,6-8H2,1H3. The van der Waals surface area contributed by atoms with E-state index in [1.54, 1.807) is 19.2 Å². The summed E-state index contributed by atoms with van der Waals surface area (Å²) in [4.78, 5) is 16.8. The second kappa shape index (κ2) is 3.48. The van der Waals surface area contributed by atoms with E-state index < -0.39 is 17.0 Å². The molecule has 0 radical (unpaired) electrons. The van der Waals surface area contributed by atoms with E-state index in [4.69, 9.17) is 0 Å². The predicted octanol–water partition coefficient (Wildman–Crippen LogP) is 2.92. The fourth-order valence-electron chi connectivity index (χ4n) is 3.96. The molecule has 3 saturated carbocycles. The molecule has 21 heavy (non-hydrogen) atoms. The molecule has 3 aliphatic rings. The highest BCUT2D eigenvalue weighted by molar-refractivity contribution is 5.74. The number of hydrogen-bond donors (Lipinski definition) is 0. The largest absolute Gasteiger partial charge is 0.394 e. The quantitative estimate of drug-likeness (QED) is 0.810. The second-order valence-corrected chi connectivity index (χ2v) is 6.40. The smallest absolute Gasteiger partial charge is 0.308 e. The first-order valence-corrected chi connectivity index (χ1v) is 6.81. The van der Waals surface area contributed by atoms with E-state index in [9.17, 15) is 18.0 Å². The van der Waals surface area contributed by atoms with Gasteiger partial charge in [-0.05, 0) is 31.4 Å². The van der Waals surface area contributed by atoms with Crippen molar-refractivity contribution in [2.75, 3.05) is 0 Å². The van der Waals surface area contributed by atoms with Crippen LogP contribution in [-0.2, 0) is 12.5 Å². The number of fused-ring (bicyclic) bond motifs is 1. The minimum Gasteiger partial charge on any atom is -0.308 e. The van der Waals surface area contributed by atoms with Crippen molar-refractivity contribution in [3.63, 3.8) is 0 Å². The Morgan fingerprint density at radius 3 is 2.43 bits per heavy atom. The molecule has 0 N–H and O–H groups in total. The number of halogens is 3. The normalized spacial score (nSPS) is 30.9. The van der Waals surface area contributed by atoms with Gasteiger partial charge < -0.3 is 4.57 Å². The van der Waals surface area contributed by atoms with Gasteiger partial charge in [-0.25, -0.2) is 4.98 Å². The van der Waals surface area contributed by atoms with Crippen LogP contribution in [0.2, 0.25) is 0 Å². The number of rotatable bonds is 1. The van der Waals surface area contributed by atoms with E-state index in [0.29, 0.717) is 16.7 Å². The van der Waals surface area contributed by atoms with E-state index in [0.717, 1.165) is 0 Å². The van der Waals surface area contributed by atoms with Gasteiger partial charge in [0.25, 0.3) is 5.56 Å². The number of nitrogens with zero attached hydrogens (tertiary/aromatic N) is 2. The summed E-state index contributed by atoms with van der Waals surface area (Å²) in [5.74, 6) is 0. The summed E-state index contributed by atoms with van der Waals surface area (Å²) in [6, 6.07) is 7.18. The van der Waals surface area contributed by atoms with Crippen molar-refractivity contribution in [1.82, 2.24) is 9.55 Å². The van der Waals surface area contributed by atoms with Crippen LogP contribution in [0.4, 0.5) is 13.2 Å². The lowest BCUT2D eigenvalue weighted by molar-refractivity contribution is -0.338. The molecule has 5 rings (SSSR count). The van der Waals surface area contributed by atoms with Crippen molar-refractivity contribution in [2.24, 2.45) is 12.5 Å². The van der Waals surface area contributed by atoms with Gasteiger partial charge >= 0.3 is 6.18 Å². The molecule has 3 aliphatic carbocycles. The van der Waals surface area contributed by atoms with Gasteiger partial charge in [-0.15, -0.1) is 0 Å². The number of aromatic nitrogens is 2. The van der Waals surface area contributed by atoms with Crippen molar-refractivity contribution in [2.45, 2.75) is 30.9 Å². The Kier molecular flexibility index (Phi) is 2.13. The Morgan fingerprint density at radius 1 is 1.19 bits per heavy atom. The Labute approximate surface area is 118 Å². The monoisotopic (exact) mass is 294 g/mol.